The minimum absolute atomic E-state index is 0.145. The standard InChI is InChI=1S/C27H33N3O.C7H6FNS.C2H6/c1-21(22-10-6-3-4-7-11-22)18-27(31)30(20-26-28-16-17-29(26)2)25-15-14-23-12-8-5-9-13-24(23)19-25;1-10-9-7-4-2-3-6(8)5-7;1-2/h3,6-7,10-11,14-17,19,21H,4-5,8-9,12-13,18,20H2,1-2H3;1-5,9H;1-2H3. The van der Waals surface area contributed by atoms with Crippen LogP contribution in [0.3, 0.4) is 0 Å². The van der Waals surface area contributed by atoms with Crippen molar-refractivity contribution in [1.82, 2.24) is 9.55 Å². The molecule has 0 bridgehead atoms. The van der Waals surface area contributed by atoms with Gasteiger partial charge in [-0.2, -0.15) is 0 Å². The summed E-state index contributed by atoms with van der Waals surface area (Å²) in [6.07, 6.45) is 21.9. The first-order valence-electron chi connectivity index (χ1n) is 15.2. The van der Waals surface area contributed by atoms with E-state index in [1.807, 2.05) is 36.6 Å². The number of imidazole rings is 1. The zero-order valence-corrected chi connectivity index (χ0v) is 26.7. The van der Waals surface area contributed by atoms with E-state index >= 15 is 0 Å². The molecule has 2 aliphatic rings. The maximum atomic E-state index is 13.6. The van der Waals surface area contributed by atoms with Crippen LogP contribution < -0.4 is 9.62 Å². The maximum Gasteiger partial charge on any atom is 0.228 e. The van der Waals surface area contributed by atoms with Gasteiger partial charge in [-0.05, 0) is 96.4 Å². The summed E-state index contributed by atoms with van der Waals surface area (Å²) in [4.78, 5) is 20.0. The molecule has 1 atom stereocenters. The number of aromatic nitrogens is 2. The minimum Gasteiger partial charge on any atom is -0.337 e. The highest BCUT2D eigenvalue weighted by Gasteiger charge is 2.22. The van der Waals surface area contributed by atoms with E-state index < -0.39 is 0 Å². The summed E-state index contributed by atoms with van der Waals surface area (Å²) in [6.45, 7) is 6.63. The SMILES string of the molecule is C#SNc1cccc(F)c1.CC.CC(CC(=O)N(Cc1nccn1C)c1ccc2c(c1)CCCCC2)C1=CC=CCC=C1. The summed E-state index contributed by atoms with van der Waals surface area (Å²) in [7, 11) is 1.98. The van der Waals surface area contributed by atoms with Crippen LogP contribution in [0.4, 0.5) is 15.8 Å². The van der Waals surface area contributed by atoms with E-state index in [1.54, 1.807) is 18.3 Å². The van der Waals surface area contributed by atoms with E-state index in [2.05, 4.69) is 65.2 Å². The molecule has 0 fully saturated rings. The summed E-state index contributed by atoms with van der Waals surface area (Å²) in [5, 5.41) is 0. The predicted octanol–water partition coefficient (Wildman–Crippen LogP) is 9.19. The molecule has 2 aromatic carbocycles. The van der Waals surface area contributed by atoms with E-state index in [-0.39, 0.29) is 17.6 Å². The van der Waals surface area contributed by atoms with Crippen LogP contribution in [0.1, 0.15) is 69.8 Å². The Morgan fingerprint density at radius 1 is 1.12 bits per heavy atom. The van der Waals surface area contributed by atoms with Crippen molar-refractivity contribution in [2.24, 2.45) is 13.0 Å². The monoisotopic (exact) mass is 600 g/mol. The lowest BCUT2D eigenvalue weighted by Crippen LogP contribution is -2.33. The molecule has 1 unspecified atom stereocenters. The number of nitrogens with one attached hydrogen (secondary N) is 1. The minimum atomic E-state index is -0.265. The average molecular weight is 601 g/mol. The van der Waals surface area contributed by atoms with Crippen LogP contribution in [-0.4, -0.2) is 15.5 Å². The Hall–Kier alpha value is -3.93. The van der Waals surface area contributed by atoms with Gasteiger partial charge in [-0.15, -0.1) is 0 Å². The van der Waals surface area contributed by atoms with Crippen molar-refractivity contribution in [3.63, 3.8) is 0 Å². The van der Waals surface area contributed by atoms with Crippen LogP contribution in [0.2, 0.25) is 0 Å². The Labute approximate surface area is 261 Å². The number of fused-ring (bicyclic) bond motifs is 1. The molecular weight excluding hydrogens is 555 g/mol. The highest BCUT2D eigenvalue weighted by atomic mass is 32.1. The quantitative estimate of drug-likeness (QED) is 0.217. The predicted molar refractivity (Wildman–Crippen MR) is 181 cm³/mol. The molecule has 0 saturated carbocycles. The lowest BCUT2D eigenvalue weighted by atomic mass is 9.95. The summed E-state index contributed by atoms with van der Waals surface area (Å²) in [5.41, 5.74) is 10.8. The molecule has 228 valence electrons. The fourth-order valence-electron chi connectivity index (χ4n) is 5.11. The third kappa shape index (κ3) is 10.4. The summed E-state index contributed by atoms with van der Waals surface area (Å²) in [5.74, 6) is 0.939. The van der Waals surface area contributed by atoms with Gasteiger partial charge < -0.3 is 14.2 Å². The first-order chi connectivity index (χ1) is 20.9. The first kappa shape index (κ1) is 33.6. The molecule has 1 amide bonds. The molecule has 3 aromatic rings. The van der Waals surface area contributed by atoms with Crippen molar-refractivity contribution in [3.05, 3.63) is 114 Å². The van der Waals surface area contributed by atoms with Crippen LogP contribution in [0.25, 0.3) is 0 Å². The highest BCUT2D eigenvalue weighted by molar-refractivity contribution is 7.89. The molecule has 43 heavy (non-hydrogen) atoms. The van der Waals surface area contributed by atoms with Gasteiger partial charge in [-0.3, -0.25) is 4.79 Å². The van der Waals surface area contributed by atoms with E-state index in [4.69, 9.17) is 5.69 Å². The molecular formula is C36H45FN4OS. The number of amides is 1. The average Bonchev–Trinajstić information content (AvgIpc) is 3.20. The number of nitrogens with zero attached hydrogens (tertiary/aromatic N) is 3. The number of hydrogen-bond acceptors (Lipinski definition) is 3. The Morgan fingerprint density at radius 2 is 1.91 bits per heavy atom. The van der Waals surface area contributed by atoms with Crippen LogP contribution in [0.15, 0.2) is 90.8 Å². The molecule has 5 rings (SSSR count). The van der Waals surface area contributed by atoms with E-state index in [1.165, 1.54) is 48.1 Å². The molecule has 0 spiro atoms. The van der Waals surface area contributed by atoms with Gasteiger partial charge in [0.2, 0.25) is 5.91 Å². The number of rotatable bonds is 7. The van der Waals surface area contributed by atoms with Gasteiger partial charge in [-0.25, -0.2) is 9.37 Å². The van der Waals surface area contributed by atoms with Gasteiger partial charge >= 0.3 is 0 Å². The summed E-state index contributed by atoms with van der Waals surface area (Å²) in [6, 6.07) is 12.7. The fourth-order valence-corrected chi connectivity index (χ4v) is 5.38. The first-order valence-corrected chi connectivity index (χ1v) is 16.1. The van der Waals surface area contributed by atoms with Crippen LogP contribution in [-0.2, 0) is 31.2 Å². The molecule has 1 heterocycles. The number of carbonyl (C=O) groups excluding carboxylic acids is 1. The lowest BCUT2D eigenvalue weighted by Gasteiger charge is -2.25. The van der Waals surface area contributed by atoms with E-state index in [0.717, 1.165) is 42.1 Å². The van der Waals surface area contributed by atoms with Crippen molar-refractivity contribution >= 4 is 28.6 Å². The number of allylic oxidation sites excluding steroid dienone is 6. The topological polar surface area (TPSA) is 50.2 Å². The van der Waals surface area contributed by atoms with Crippen molar-refractivity contribution in [2.75, 3.05) is 9.62 Å². The fraction of sp³-hybridized carbons (Fsp3) is 0.361. The number of halogens is 1. The largest absolute Gasteiger partial charge is 0.337 e. The number of benzene rings is 2. The molecule has 1 aromatic heterocycles. The molecule has 0 saturated heterocycles. The zero-order chi connectivity index (χ0) is 31.0. The molecule has 1 N–H and O–H groups in total. The Balaban J connectivity index is 0.000000356. The van der Waals surface area contributed by atoms with Crippen molar-refractivity contribution in [3.8, 4) is 5.69 Å². The molecule has 0 aliphatic heterocycles. The third-order valence-electron chi connectivity index (χ3n) is 7.47. The summed E-state index contributed by atoms with van der Waals surface area (Å²) < 4.78 is 17.1. The summed E-state index contributed by atoms with van der Waals surface area (Å²) >= 11 is 0.947. The second-order valence-electron chi connectivity index (χ2n) is 10.5. The van der Waals surface area contributed by atoms with Gasteiger partial charge in [0, 0.05) is 31.5 Å². The van der Waals surface area contributed by atoms with Crippen molar-refractivity contribution in [1.29, 1.82) is 0 Å². The van der Waals surface area contributed by atoms with Crippen LogP contribution in [0, 0.1) is 17.4 Å². The van der Waals surface area contributed by atoms with Gasteiger partial charge in [-0.1, -0.05) is 75.4 Å². The van der Waals surface area contributed by atoms with Gasteiger partial charge in [0.1, 0.15) is 11.6 Å². The van der Waals surface area contributed by atoms with Crippen LogP contribution in [0.5, 0.6) is 0 Å². The lowest BCUT2D eigenvalue weighted by molar-refractivity contribution is -0.119. The smallest absolute Gasteiger partial charge is 0.228 e. The highest BCUT2D eigenvalue weighted by Crippen LogP contribution is 2.28. The number of hydrogen-bond donors (Lipinski definition) is 1. The second-order valence-corrected chi connectivity index (χ2v) is 11.0. The Kier molecular flexibility index (Phi) is 14.0. The molecule has 5 nitrogen and oxygen atoms in total. The number of anilines is 2. The van der Waals surface area contributed by atoms with Gasteiger partial charge in [0.05, 0.1) is 12.2 Å². The Morgan fingerprint density at radius 3 is 2.63 bits per heavy atom. The second kappa shape index (κ2) is 17.9. The van der Waals surface area contributed by atoms with E-state index in [9.17, 15) is 9.18 Å². The van der Waals surface area contributed by atoms with Gasteiger partial charge in [0.25, 0.3) is 0 Å². The van der Waals surface area contributed by atoms with Crippen LogP contribution >= 0.6 is 11.4 Å². The molecule has 2 aliphatic carbocycles. The van der Waals surface area contributed by atoms with Gasteiger partial charge in [0.15, 0.2) is 0 Å². The third-order valence-corrected chi connectivity index (χ3v) is 7.83. The Bertz CT molecular complexity index is 1470. The molecule has 7 heteroatoms. The number of aryl methyl sites for hydroxylation is 3. The number of carbonyl (C=O) groups is 1. The van der Waals surface area contributed by atoms with Crippen molar-refractivity contribution < 1.29 is 9.18 Å². The normalized spacial score (nSPS) is 14.3. The zero-order valence-electron chi connectivity index (χ0n) is 25.9. The maximum absolute atomic E-state index is 13.6. The van der Waals surface area contributed by atoms with Crippen molar-refractivity contribution in [2.45, 2.75) is 72.3 Å². The van der Waals surface area contributed by atoms with E-state index in [0.29, 0.717) is 18.7 Å². The molecule has 0 radical (unpaired) electrons.